The SMILES string of the molecule is CCCCCOC(=O)c1ccc(NC(=O)COc2cccc(OC)c2)cc1. The summed E-state index contributed by atoms with van der Waals surface area (Å²) in [6.07, 6.45) is 2.98. The number of esters is 1. The molecule has 2 rings (SSSR count). The Morgan fingerprint density at radius 2 is 1.74 bits per heavy atom. The Hall–Kier alpha value is -3.02. The maximum absolute atomic E-state index is 12.0. The summed E-state index contributed by atoms with van der Waals surface area (Å²) in [5.74, 6) is 0.550. The number of rotatable bonds is 10. The molecule has 0 aliphatic rings. The Kier molecular flexibility index (Phi) is 8.16. The van der Waals surface area contributed by atoms with Crippen molar-refractivity contribution in [3.8, 4) is 11.5 Å². The average molecular weight is 371 g/mol. The highest BCUT2D eigenvalue weighted by molar-refractivity contribution is 5.93. The van der Waals surface area contributed by atoms with E-state index in [-0.39, 0.29) is 18.5 Å². The maximum atomic E-state index is 12.0. The third-order valence-corrected chi connectivity index (χ3v) is 3.80. The number of methoxy groups -OCH3 is 1. The molecule has 0 saturated heterocycles. The van der Waals surface area contributed by atoms with Crippen LogP contribution >= 0.6 is 0 Å². The Balaban J connectivity index is 1.79. The zero-order chi connectivity index (χ0) is 19.5. The Morgan fingerprint density at radius 1 is 1.00 bits per heavy atom. The van der Waals surface area contributed by atoms with Crippen LogP contribution in [-0.4, -0.2) is 32.2 Å². The lowest BCUT2D eigenvalue weighted by Crippen LogP contribution is -2.20. The van der Waals surface area contributed by atoms with Crippen molar-refractivity contribution in [3.63, 3.8) is 0 Å². The molecule has 6 heteroatoms. The highest BCUT2D eigenvalue weighted by atomic mass is 16.5. The number of amides is 1. The molecular weight excluding hydrogens is 346 g/mol. The van der Waals surface area contributed by atoms with Gasteiger partial charge in [0.25, 0.3) is 5.91 Å². The predicted octanol–water partition coefficient (Wildman–Crippen LogP) is 4.06. The standard InChI is InChI=1S/C21H25NO5/c1-3-4-5-13-26-21(24)16-9-11-17(12-10-16)22-20(23)15-27-19-8-6-7-18(14-19)25-2/h6-12,14H,3-5,13,15H2,1-2H3,(H,22,23). The second-order valence-corrected chi connectivity index (χ2v) is 5.94. The van der Waals surface area contributed by atoms with Gasteiger partial charge in [0, 0.05) is 11.8 Å². The number of hydrogen-bond donors (Lipinski definition) is 1. The summed E-state index contributed by atoms with van der Waals surface area (Å²) < 4.78 is 15.7. The van der Waals surface area contributed by atoms with Crippen LogP contribution in [0.2, 0.25) is 0 Å². The normalized spacial score (nSPS) is 10.1. The second kappa shape index (κ2) is 10.9. The molecule has 0 fully saturated rings. The summed E-state index contributed by atoms with van der Waals surface area (Å²) in [4.78, 5) is 23.9. The molecule has 144 valence electrons. The van der Waals surface area contributed by atoms with Crippen LogP contribution in [0, 0.1) is 0 Å². The van der Waals surface area contributed by atoms with Crippen LogP contribution in [-0.2, 0) is 9.53 Å². The number of carbonyl (C=O) groups excluding carboxylic acids is 2. The molecule has 0 bridgehead atoms. The van der Waals surface area contributed by atoms with E-state index in [1.165, 1.54) is 0 Å². The van der Waals surface area contributed by atoms with Gasteiger partial charge in [-0.15, -0.1) is 0 Å². The largest absolute Gasteiger partial charge is 0.497 e. The molecule has 0 spiro atoms. The lowest BCUT2D eigenvalue weighted by molar-refractivity contribution is -0.118. The topological polar surface area (TPSA) is 73.9 Å². The fourth-order valence-electron chi connectivity index (χ4n) is 2.33. The maximum Gasteiger partial charge on any atom is 0.338 e. The minimum atomic E-state index is -0.356. The van der Waals surface area contributed by atoms with Crippen molar-refractivity contribution in [2.24, 2.45) is 0 Å². The van der Waals surface area contributed by atoms with E-state index >= 15 is 0 Å². The fraction of sp³-hybridized carbons (Fsp3) is 0.333. The van der Waals surface area contributed by atoms with Crippen LogP contribution in [0.3, 0.4) is 0 Å². The van der Waals surface area contributed by atoms with Crippen molar-refractivity contribution >= 4 is 17.6 Å². The molecule has 6 nitrogen and oxygen atoms in total. The zero-order valence-corrected chi connectivity index (χ0v) is 15.7. The molecule has 0 heterocycles. The van der Waals surface area contributed by atoms with Crippen LogP contribution in [0.1, 0.15) is 36.5 Å². The van der Waals surface area contributed by atoms with Crippen LogP contribution in [0.5, 0.6) is 11.5 Å². The molecule has 0 aromatic heterocycles. The predicted molar refractivity (Wildman–Crippen MR) is 103 cm³/mol. The third-order valence-electron chi connectivity index (χ3n) is 3.80. The summed E-state index contributed by atoms with van der Waals surface area (Å²) >= 11 is 0. The van der Waals surface area contributed by atoms with E-state index in [2.05, 4.69) is 12.2 Å². The van der Waals surface area contributed by atoms with Gasteiger partial charge in [0.15, 0.2) is 6.61 Å². The van der Waals surface area contributed by atoms with Gasteiger partial charge in [-0.05, 0) is 42.8 Å². The van der Waals surface area contributed by atoms with E-state index in [1.807, 2.05) is 0 Å². The second-order valence-electron chi connectivity index (χ2n) is 5.94. The number of benzene rings is 2. The first-order valence-corrected chi connectivity index (χ1v) is 8.96. The first-order valence-electron chi connectivity index (χ1n) is 8.96. The number of hydrogen-bond acceptors (Lipinski definition) is 5. The molecule has 1 amide bonds. The Morgan fingerprint density at radius 3 is 2.44 bits per heavy atom. The molecule has 1 N–H and O–H groups in total. The van der Waals surface area contributed by atoms with Crippen molar-refractivity contribution in [2.45, 2.75) is 26.2 Å². The van der Waals surface area contributed by atoms with Crippen molar-refractivity contribution < 1.29 is 23.8 Å². The van der Waals surface area contributed by atoms with Crippen LogP contribution in [0.4, 0.5) is 5.69 Å². The molecule has 2 aromatic rings. The van der Waals surface area contributed by atoms with Crippen molar-refractivity contribution in [3.05, 3.63) is 54.1 Å². The van der Waals surface area contributed by atoms with Crippen LogP contribution < -0.4 is 14.8 Å². The molecule has 2 aromatic carbocycles. The van der Waals surface area contributed by atoms with Gasteiger partial charge in [-0.25, -0.2) is 4.79 Å². The fourth-order valence-corrected chi connectivity index (χ4v) is 2.33. The molecule has 27 heavy (non-hydrogen) atoms. The molecule has 0 atom stereocenters. The minimum Gasteiger partial charge on any atom is -0.497 e. The number of carbonyl (C=O) groups is 2. The van der Waals surface area contributed by atoms with E-state index in [1.54, 1.807) is 55.6 Å². The van der Waals surface area contributed by atoms with Crippen molar-refractivity contribution in [1.29, 1.82) is 0 Å². The molecule has 0 saturated carbocycles. The zero-order valence-electron chi connectivity index (χ0n) is 15.7. The average Bonchev–Trinajstić information content (AvgIpc) is 2.70. The molecule has 0 aliphatic carbocycles. The summed E-state index contributed by atoms with van der Waals surface area (Å²) in [5, 5.41) is 2.72. The van der Waals surface area contributed by atoms with Crippen molar-refractivity contribution in [1.82, 2.24) is 0 Å². The van der Waals surface area contributed by atoms with Gasteiger partial charge in [0.1, 0.15) is 11.5 Å². The molecule has 0 radical (unpaired) electrons. The van der Waals surface area contributed by atoms with Crippen LogP contribution in [0.15, 0.2) is 48.5 Å². The highest BCUT2D eigenvalue weighted by Gasteiger charge is 2.08. The van der Waals surface area contributed by atoms with E-state index in [4.69, 9.17) is 14.2 Å². The van der Waals surface area contributed by atoms with Gasteiger partial charge in [-0.2, -0.15) is 0 Å². The summed E-state index contributed by atoms with van der Waals surface area (Å²) in [7, 11) is 1.57. The Labute approximate surface area is 159 Å². The van der Waals surface area contributed by atoms with Gasteiger partial charge in [-0.3, -0.25) is 4.79 Å². The summed E-state index contributed by atoms with van der Waals surface area (Å²) in [5.41, 5.74) is 1.04. The van der Waals surface area contributed by atoms with E-state index in [9.17, 15) is 9.59 Å². The van der Waals surface area contributed by atoms with Gasteiger partial charge in [0.2, 0.25) is 0 Å². The number of ether oxygens (including phenoxy) is 3. The molecule has 0 aliphatic heterocycles. The highest BCUT2D eigenvalue weighted by Crippen LogP contribution is 2.19. The first kappa shape index (κ1) is 20.3. The van der Waals surface area contributed by atoms with E-state index in [0.717, 1.165) is 19.3 Å². The van der Waals surface area contributed by atoms with Gasteiger partial charge in [-0.1, -0.05) is 25.8 Å². The molecule has 0 unspecified atom stereocenters. The number of unbranched alkanes of at least 4 members (excludes halogenated alkanes) is 2. The lowest BCUT2D eigenvalue weighted by Gasteiger charge is -2.09. The lowest BCUT2D eigenvalue weighted by atomic mass is 10.2. The van der Waals surface area contributed by atoms with Gasteiger partial charge in [0.05, 0.1) is 19.3 Å². The summed E-state index contributed by atoms with van der Waals surface area (Å²) in [6.45, 7) is 2.39. The van der Waals surface area contributed by atoms with Gasteiger partial charge >= 0.3 is 5.97 Å². The summed E-state index contributed by atoms with van der Waals surface area (Å²) in [6, 6.07) is 13.6. The number of anilines is 1. The number of nitrogens with one attached hydrogen (secondary N) is 1. The Bertz CT molecular complexity index is 742. The smallest absolute Gasteiger partial charge is 0.338 e. The van der Waals surface area contributed by atoms with E-state index in [0.29, 0.717) is 29.4 Å². The quantitative estimate of drug-likeness (QED) is 0.504. The monoisotopic (exact) mass is 371 g/mol. The molecular formula is C21H25NO5. The van der Waals surface area contributed by atoms with Gasteiger partial charge < -0.3 is 19.5 Å². The van der Waals surface area contributed by atoms with Crippen molar-refractivity contribution in [2.75, 3.05) is 25.6 Å². The van der Waals surface area contributed by atoms with E-state index < -0.39 is 0 Å². The third kappa shape index (κ3) is 7.01. The first-order chi connectivity index (χ1) is 13.1. The van der Waals surface area contributed by atoms with Crippen LogP contribution in [0.25, 0.3) is 0 Å². The minimum absolute atomic E-state index is 0.131.